The van der Waals surface area contributed by atoms with Crippen LogP contribution in [0.2, 0.25) is 0 Å². The van der Waals surface area contributed by atoms with Crippen molar-refractivity contribution in [2.24, 2.45) is 7.05 Å². The van der Waals surface area contributed by atoms with Gasteiger partial charge in [0.05, 0.1) is 12.1 Å². The van der Waals surface area contributed by atoms with Crippen molar-refractivity contribution in [2.75, 3.05) is 0 Å². The molecule has 0 radical (unpaired) electrons. The molecule has 4 rings (SSSR count). The second kappa shape index (κ2) is 7.96. The van der Waals surface area contributed by atoms with E-state index in [-0.39, 0.29) is 24.0 Å². The van der Waals surface area contributed by atoms with Crippen LogP contribution in [0.5, 0.6) is 0 Å². The van der Waals surface area contributed by atoms with E-state index in [1.807, 2.05) is 43.6 Å². The van der Waals surface area contributed by atoms with Gasteiger partial charge in [0.2, 0.25) is 5.91 Å². The van der Waals surface area contributed by atoms with Crippen LogP contribution in [0.4, 0.5) is 0 Å². The number of carbonyl (C=O) groups excluding carboxylic acids is 1. The number of hydrogen-bond donors (Lipinski definition) is 3. The molecule has 0 bridgehead atoms. The maximum atomic E-state index is 13.1. The van der Waals surface area contributed by atoms with Gasteiger partial charge in [0.15, 0.2) is 0 Å². The Morgan fingerprint density at radius 1 is 1.14 bits per heavy atom. The molecule has 6 nitrogen and oxygen atoms in total. The van der Waals surface area contributed by atoms with Gasteiger partial charge in [0, 0.05) is 31.3 Å². The lowest BCUT2D eigenvalue weighted by Gasteiger charge is -2.23. The molecule has 1 fully saturated rings. The summed E-state index contributed by atoms with van der Waals surface area (Å²) < 4.78 is 2.08. The van der Waals surface area contributed by atoms with Crippen molar-refractivity contribution in [3.8, 4) is 0 Å². The van der Waals surface area contributed by atoms with Crippen LogP contribution in [0.25, 0.3) is 0 Å². The number of benzene rings is 1. The first-order valence-electron chi connectivity index (χ1n) is 9.51. The van der Waals surface area contributed by atoms with Gasteiger partial charge in [-0.25, -0.2) is 10.9 Å². The molecule has 1 saturated heterocycles. The molecule has 3 heterocycles. The molecule has 3 aromatic rings. The van der Waals surface area contributed by atoms with E-state index in [0.717, 1.165) is 22.4 Å². The molecule has 2 aromatic heterocycles. The predicted molar refractivity (Wildman–Crippen MR) is 108 cm³/mol. The number of aromatic nitrogens is 2. The smallest absolute Gasteiger partial charge is 0.239 e. The Morgan fingerprint density at radius 2 is 1.93 bits per heavy atom. The SMILES string of the molecule is Cc1ccccc1C(NC(=O)C1CC(c2cccn2C)NN1)c1ccncc1. The van der Waals surface area contributed by atoms with Gasteiger partial charge in [-0.1, -0.05) is 24.3 Å². The third-order valence-corrected chi connectivity index (χ3v) is 5.39. The maximum Gasteiger partial charge on any atom is 0.239 e. The highest BCUT2D eigenvalue weighted by molar-refractivity contribution is 5.83. The van der Waals surface area contributed by atoms with Crippen LogP contribution >= 0.6 is 0 Å². The fourth-order valence-electron chi connectivity index (χ4n) is 3.81. The minimum Gasteiger partial charge on any atom is -0.353 e. The molecule has 6 heteroatoms. The number of nitrogens with one attached hydrogen (secondary N) is 3. The van der Waals surface area contributed by atoms with Crippen molar-refractivity contribution in [3.05, 3.63) is 89.5 Å². The molecule has 1 aliphatic heterocycles. The number of amides is 1. The van der Waals surface area contributed by atoms with Gasteiger partial charge < -0.3 is 9.88 Å². The number of carbonyl (C=O) groups is 1. The van der Waals surface area contributed by atoms with Crippen LogP contribution < -0.4 is 16.2 Å². The summed E-state index contributed by atoms with van der Waals surface area (Å²) in [6.45, 7) is 2.07. The molecule has 0 saturated carbocycles. The normalized spacial score (nSPS) is 20.1. The predicted octanol–water partition coefficient (Wildman–Crippen LogP) is 2.54. The van der Waals surface area contributed by atoms with Crippen molar-refractivity contribution >= 4 is 5.91 Å². The summed E-state index contributed by atoms with van der Waals surface area (Å²) in [5.74, 6) is -0.0192. The van der Waals surface area contributed by atoms with Crippen molar-refractivity contribution < 1.29 is 4.79 Å². The van der Waals surface area contributed by atoms with E-state index in [1.165, 1.54) is 0 Å². The molecule has 1 aliphatic rings. The minimum atomic E-state index is -0.298. The van der Waals surface area contributed by atoms with E-state index < -0.39 is 0 Å². The Balaban J connectivity index is 1.53. The lowest BCUT2D eigenvalue weighted by molar-refractivity contribution is -0.123. The second-order valence-electron chi connectivity index (χ2n) is 7.25. The Bertz CT molecular complexity index is 952. The summed E-state index contributed by atoms with van der Waals surface area (Å²) >= 11 is 0. The zero-order chi connectivity index (χ0) is 19.5. The summed E-state index contributed by atoms with van der Waals surface area (Å²) in [7, 11) is 2.02. The third-order valence-electron chi connectivity index (χ3n) is 5.39. The lowest BCUT2D eigenvalue weighted by atomic mass is 9.95. The standard InChI is InChI=1S/C22H25N5O/c1-15-6-3-4-7-17(15)21(16-9-11-23-12-10-16)24-22(28)19-14-18(25-26-19)20-8-5-13-27(20)2/h3-13,18-19,21,25-26H,14H2,1-2H3,(H,24,28). The van der Waals surface area contributed by atoms with Crippen molar-refractivity contribution in [2.45, 2.75) is 31.5 Å². The molecule has 3 unspecified atom stereocenters. The van der Waals surface area contributed by atoms with Gasteiger partial charge in [0.25, 0.3) is 0 Å². The van der Waals surface area contributed by atoms with Crippen LogP contribution in [0.3, 0.4) is 0 Å². The van der Waals surface area contributed by atoms with Gasteiger partial charge in [0.1, 0.15) is 6.04 Å². The summed E-state index contributed by atoms with van der Waals surface area (Å²) in [6, 6.07) is 15.7. The second-order valence-corrected chi connectivity index (χ2v) is 7.25. The Hall–Kier alpha value is -2.96. The average Bonchev–Trinajstić information content (AvgIpc) is 3.36. The molecule has 1 aromatic carbocycles. The van der Waals surface area contributed by atoms with Crippen LogP contribution in [-0.2, 0) is 11.8 Å². The van der Waals surface area contributed by atoms with E-state index in [2.05, 4.69) is 50.8 Å². The first-order chi connectivity index (χ1) is 13.6. The van der Waals surface area contributed by atoms with Gasteiger partial charge in [-0.15, -0.1) is 0 Å². The van der Waals surface area contributed by atoms with Crippen LogP contribution in [0, 0.1) is 6.92 Å². The van der Waals surface area contributed by atoms with E-state index >= 15 is 0 Å². The topological polar surface area (TPSA) is 71.0 Å². The highest BCUT2D eigenvalue weighted by Gasteiger charge is 2.32. The molecule has 0 spiro atoms. The zero-order valence-electron chi connectivity index (χ0n) is 16.1. The summed E-state index contributed by atoms with van der Waals surface area (Å²) in [4.78, 5) is 17.2. The van der Waals surface area contributed by atoms with Gasteiger partial charge >= 0.3 is 0 Å². The number of pyridine rings is 1. The van der Waals surface area contributed by atoms with Crippen LogP contribution in [0.15, 0.2) is 67.1 Å². The summed E-state index contributed by atoms with van der Waals surface area (Å²) in [5, 5.41) is 3.24. The zero-order valence-corrected chi connectivity index (χ0v) is 16.1. The lowest BCUT2D eigenvalue weighted by Crippen LogP contribution is -2.44. The maximum absolute atomic E-state index is 13.1. The molecular weight excluding hydrogens is 350 g/mol. The van der Waals surface area contributed by atoms with Crippen molar-refractivity contribution in [1.29, 1.82) is 0 Å². The van der Waals surface area contributed by atoms with Crippen LogP contribution in [-0.4, -0.2) is 21.5 Å². The molecule has 0 aliphatic carbocycles. The quantitative estimate of drug-likeness (QED) is 0.641. The summed E-state index contributed by atoms with van der Waals surface area (Å²) in [6.07, 6.45) is 6.23. The molecule has 3 atom stereocenters. The Morgan fingerprint density at radius 3 is 2.64 bits per heavy atom. The first kappa shape index (κ1) is 18.4. The van der Waals surface area contributed by atoms with E-state index in [4.69, 9.17) is 0 Å². The van der Waals surface area contributed by atoms with Crippen molar-refractivity contribution in [1.82, 2.24) is 25.7 Å². The molecule has 3 N–H and O–H groups in total. The van der Waals surface area contributed by atoms with Crippen molar-refractivity contribution in [3.63, 3.8) is 0 Å². The van der Waals surface area contributed by atoms with Gasteiger partial charge in [-0.3, -0.25) is 9.78 Å². The molecule has 144 valence electrons. The van der Waals surface area contributed by atoms with E-state index in [9.17, 15) is 4.79 Å². The highest BCUT2D eigenvalue weighted by Crippen LogP contribution is 2.26. The Kier molecular flexibility index (Phi) is 5.23. The average molecular weight is 375 g/mol. The number of hydrogen-bond acceptors (Lipinski definition) is 4. The molecule has 1 amide bonds. The third kappa shape index (κ3) is 3.69. The van der Waals surface area contributed by atoms with Gasteiger partial charge in [-0.2, -0.15) is 0 Å². The fraction of sp³-hybridized carbons (Fsp3) is 0.273. The Labute approximate surface area is 165 Å². The first-order valence-corrected chi connectivity index (χ1v) is 9.51. The van der Waals surface area contributed by atoms with Gasteiger partial charge in [-0.05, 0) is 54.3 Å². The summed E-state index contributed by atoms with van der Waals surface area (Å²) in [5.41, 5.74) is 10.8. The van der Waals surface area contributed by atoms with Crippen LogP contribution in [0.1, 0.15) is 40.9 Å². The highest BCUT2D eigenvalue weighted by atomic mass is 16.2. The molecule has 28 heavy (non-hydrogen) atoms. The largest absolute Gasteiger partial charge is 0.353 e. The minimum absolute atomic E-state index is 0.0192. The monoisotopic (exact) mass is 375 g/mol. The number of nitrogens with zero attached hydrogens (tertiary/aromatic N) is 2. The number of aryl methyl sites for hydroxylation is 2. The number of hydrazine groups is 1. The van der Waals surface area contributed by atoms with E-state index in [0.29, 0.717) is 6.42 Å². The molecular formula is C22H25N5O. The number of rotatable bonds is 5. The van der Waals surface area contributed by atoms with E-state index in [1.54, 1.807) is 12.4 Å². The fourth-order valence-corrected chi connectivity index (χ4v) is 3.81.